The topological polar surface area (TPSA) is 64.9 Å². The van der Waals surface area contributed by atoms with Crippen molar-refractivity contribution in [2.45, 2.75) is 19.3 Å². The molecule has 2 aromatic carbocycles. The highest BCUT2D eigenvalue weighted by Gasteiger charge is 2.24. The Balaban J connectivity index is 1.66. The number of carbonyl (C=O) groups excluding carboxylic acids is 1. The molecule has 22 heavy (non-hydrogen) atoms. The summed E-state index contributed by atoms with van der Waals surface area (Å²) in [5, 5.41) is 15.2. The van der Waals surface area contributed by atoms with Crippen molar-refractivity contribution in [1.29, 1.82) is 5.26 Å². The maximum absolute atomic E-state index is 11.9. The Hall–Kier alpha value is -2.80. The van der Waals surface area contributed by atoms with Crippen molar-refractivity contribution in [2.24, 2.45) is 5.92 Å². The second-order valence-electron chi connectivity index (χ2n) is 5.48. The summed E-state index contributed by atoms with van der Waals surface area (Å²) < 4.78 is 0. The lowest BCUT2D eigenvalue weighted by Gasteiger charge is -2.24. The quantitative estimate of drug-likeness (QED) is 0.893. The van der Waals surface area contributed by atoms with Crippen LogP contribution in [0.25, 0.3) is 0 Å². The van der Waals surface area contributed by atoms with Crippen LogP contribution in [0.1, 0.15) is 24.8 Å². The number of benzene rings is 2. The molecule has 0 aromatic heterocycles. The van der Waals surface area contributed by atoms with Gasteiger partial charge in [0, 0.05) is 17.3 Å². The average molecular weight is 291 g/mol. The number of rotatable bonds is 4. The SMILES string of the molecule is N#Cc1ccccc1Nc1ccc(NC(=O)C2CCC2)cc1. The van der Waals surface area contributed by atoms with Gasteiger partial charge in [-0.15, -0.1) is 0 Å². The fraction of sp³-hybridized carbons (Fsp3) is 0.222. The normalized spacial score (nSPS) is 13.8. The molecule has 4 nitrogen and oxygen atoms in total. The fourth-order valence-corrected chi connectivity index (χ4v) is 2.40. The summed E-state index contributed by atoms with van der Waals surface area (Å²) in [4.78, 5) is 11.9. The number of para-hydroxylation sites is 1. The molecule has 0 aliphatic heterocycles. The second kappa shape index (κ2) is 6.31. The Kier molecular flexibility index (Phi) is 4.06. The summed E-state index contributed by atoms with van der Waals surface area (Å²) in [6.45, 7) is 0. The van der Waals surface area contributed by atoms with E-state index in [-0.39, 0.29) is 11.8 Å². The maximum Gasteiger partial charge on any atom is 0.227 e. The number of carbonyl (C=O) groups is 1. The van der Waals surface area contributed by atoms with Crippen LogP contribution < -0.4 is 10.6 Å². The van der Waals surface area contributed by atoms with Crippen LogP contribution >= 0.6 is 0 Å². The molecule has 0 heterocycles. The van der Waals surface area contributed by atoms with Gasteiger partial charge in [0.05, 0.1) is 11.3 Å². The average Bonchev–Trinajstić information content (AvgIpc) is 2.48. The van der Waals surface area contributed by atoms with Gasteiger partial charge in [0.1, 0.15) is 6.07 Å². The lowest BCUT2D eigenvalue weighted by molar-refractivity contribution is -0.122. The fourth-order valence-electron chi connectivity index (χ4n) is 2.40. The standard InChI is InChI=1S/C18H17N3O/c19-12-14-4-1-2-7-17(14)20-15-8-10-16(11-9-15)21-18(22)13-5-3-6-13/h1-2,4,7-11,13,20H,3,5-6H2,(H,21,22). The third-order valence-electron chi connectivity index (χ3n) is 3.95. The molecular formula is C18H17N3O. The van der Waals surface area contributed by atoms with Crippen LogP contribution in [0.15, 0.2) is 48.5 Å². The van der Waals surface area contributed by atoms with Crippen LogP contribution in [0.4, 0.5) is 17.1 Å². The largest absolute Gasteiger partial charge is 0.354 e. The molecule has 0 saturated heterocycles. The van der Waals surface area contributed by atoms with E-state index in [1.165, 1.54) is 0 Å². The number of hydrogen-bond donors (Lipinski definition) is 2. The van der Waals surface area contributed by atoms with Gasteiger partial charge in [-0.1, -0.05) is 18.6 Å². The molecule has 1 fully saturated rings. The zero-order valence-electron chi connectivity index (χ0n) is 12.2. The Morgan fingerprint density at radius 1 is 1.05 bits per heavy atom. The van der Waals surface area contributed by atoms with Gasteiger partial charge in [-0.05, 0) is 49.2 Å². The van der Waals surface area contributed by atoms with E-state index in [0.29, 0.717) is 5.56 Å². The first-order valence-corrected chi connectivity index (χ1v) is 7.43. The van der Waals surface area contributed by atoms with Crippen molar-refractivity contribution in [3.05, 3.63) is 54.1 Å². The van der Waals surface area contributed by atoms with Gasteiger partial charge in [0.15, 0.2) is 0 Å². The molecule has 1 aliphatic carbocycles. The predicted molar refractivity (Wildman–Crippen MR) is 86.9 cm³/mol. The minimum Gasteiger partial charge on any atom is -0.354 e. The van der Waals surface area contributed by atoms with Gasteiger partial charge in [-0.2, -0.15) is 5.26 Å². The molecule has 0 spiro atoms. The van der Waals surface area contributed by atoms with Crippen molar-refractivity contribution < 1.29 is 4.79 Å². The molecule has 4 heteroatoms. The van der Waals surface area contributed by atoms with Crippen molar-refractivity contribution in [1.82, 2.24) is 0 Å². The Morgan fingerprint density at radius 2 is 1.73 bits per heavy atom. The van der Waals surface area contributed by atoms with E-state index in [4.69, 9.17) is 5.26 Å². The summed E-state index contributed by atoms with van der Waals surface area (Å²) in [5.41, 5.74) is 3.06. The van der Waals surface area contributed by atoms with Crippen molar-refractivity contribution in [3.63, 3.8) is 0 Å². The van der Waals surface area contributed by atoms with Gasteiger partial charge < -0.3 is 10.6 Å². The monoisotopic (exact) mass is 291 g/mol. The minimum absolute atomic E-state index is 0.113. The number of nitriles is 1. The summed E-state index contributed by atoms with van der Waals surface area (Å²) in [5.74, 6) is 0.294. The number of anilines is 3. The molecule has 2 N–H and O–H groups in total. The predicted octanol–water partition coefficient (Wildman–Crippen LogP) is 4.04. The molecule has 0 atom stereocenters. The lowest BCUT2D eigenvalue weighted by atomic mass is 9.85. The Bertz CT molecular complexity index is 712. The first-order chi connectivity index (χ1) is 10.8. The van der Waals surface area contributed by atoms with Crippen LogP contribution in [-0.2, 0) is 4.79 Å². The molecule has 1 amide bonds. The van der Waals surface area contributed by atoms with Crippen molar-refractivity contribution in [2.75, 3.05) is 10.6 Å². The molecule has 3 rings (SSSR count). The Labute approximate surface area is 129 Å². The van der Waals surface area contributed by atoms with Gasteiger partial charge >= 0.3 is 0 Å². The highest BCUT2D eigenvalue weighted by Crippen LogP contribution is 2.28. The third kappa shape index (κ3) is 3.09. The molecule has 0 radical (unpaired) electrons. The molecule has 2 aromatic rings. The smallest absolute Gasteiger partial charge is 0.227 e. The maximum atomic E-state index is 11.9. The van der Waals surface area contributed by atoms with Gasteiger partial charge in [-0.25, -0.2) is 0 Å². The molecule has 1 saturated carbocycles. The second-order valence-corrected chi connectivity index (χ2v) is 5.48. The minimum atomic E-state index is 0.113. The number of nitrogens with one attached hydrogen (secondary N) is 2. The highest BCUT2D eigenvalue weighted by atomic mass is 16.1. The molecule has 1 aliphatic rings. The Morgan fingerprint density at radius 3 is 2.36 bits per heavy atom. The van der Waals surface area contributed by atoms with Crippen LogP contribution in [0.3, 0.4) is 0 Å². The highest BCUT2D eigenvalue weighted by molar-refractivity contribution is 5.93. The van der Waals surface area contributed by atoms with E-state index in [1.54, 1.807) is 6.07 Å². The number of nitrogens with zero attached hydrogens (tertiary/aromatic N) is 1. The van der Waals surface area contributed by atoms with Crippen LogP contribution in [-0.4, -0.2) is 5.91 Å². The zero-order chi connectivity index (χ0) is 15.4. The van der Waals surface area contributed by atoms with Crippen molar-refractivity contribution >= 4 is 23.0 Å². The van der Waals surface area contributed by atoms with Gasteiger partial charge in [0.25, 0.3) is 0 Å². The zero-order valence-corrected chi connectivity index (χ0v) is 12.2. The summed E-state index contributed by atoms with van der Waals surface area (Å²) in [6, 6.07) is 17.0. The van der Waals surface area contributed by atoms with E-state index in [2.05, 4.69) is 16.7 Å². The number of hydrogen-bond acceptors (Lipinski definition) is 3. The van der Waals surface area contributed by atoms with E-state index < -0.39 is 0 Å². The summed E-state index contributed by atoms with van der Waals surface area (Å²) in [7, 11) is 0. The van der Waals surface area contributed by atoms with Crippen molar-refractivity contribution in [3.8, 4) is 6.07 Å². The molecule has 0 bridgehead atoms. The van der Waals surface area contributed by atoms with E-state index in [9.17, 15) is 4.79 Å². The summed E-state index contributed by atoms with van der Waals surface area (Å²) >= 11 is 0. The third-order valence-corrected chi connectivity index (χ3v) is 3.95. The van der Waals surface area contributed by atoms with E-state index in [0.717, 1.165) is 36.3 Å². The van der Waals surface area contributed by atoms with Crippen LogP contribution in [0.5, 0.6) is 0 Å². The van der Waals surface area contributed by atoms with Crippen LogP contribution in [0, 0.1) is 17.2 Å². The van der Waals surface area contributed by atoms with Gasteiger partial charge in [-0.3, -0.25) is 4.79 Å². The number of amides is 1. The van der Waals surface area contributed by atoms with Gasteiger partial charge in [0.2, 0.25) is 5.91 Å². The lowest BCUT2D eigenvalue weighted by Crippen LogP contribution is -2.27. The first-order valence-electron chi connectivity index (χ1n) is 7.43. The molecule has 0 unspecified atom stereocenters. The van der Waals surface area contributed by atoms with E-state index >= 15 is 0 Å². The van der Waals surface area contributed by atoms with Crippen LogP contribution in [0.2, 0.25) is 0 Å². The first kappa shape index (κ1) is 14.2. The molecule has 110 valence electrons. The summed E-state index contributed by atoms with van der Waals surface area (Å²) in [6.07, 6.45) is 3.14. The van der Waals surface area contributed by atoms with E-state index in [1.807, 2.05) is 42.5 Å². The molecular weight excluding hydrogens is 274 g/mol.